The molecule has 0 atom stereocenters. The molecule has 0 radical (unpaired) electrons. The second-order valence-electron chi connectivity index (χ2n) is 8.14. The average molecular weight is 486 g/mol. The molecule has 2 aromatic carbocycles. The van der Waals surface area contributed by atoms with E-state index in [1.165, 1.54) is 28.6 Å². The molecule has 0 fully saturated rings. The van der Waals surface area contributed by atoms with Crippen molar-refractivity contribution in [2.45, 2.75) is 31.4 Å². The van der Waals surface area contributed by atoms with Crippen LogP contribution >= 0.6 is 23.1 Å². The Morgan fingerprint density at radius 1 is 1.06 bits per heavy atom. The van der Waals surface area contributed by atoms with Crippen LogP contribution in [0.3, 0.4) is 0 Å². The molecule has 5 nitrogen and oxygen atoms in total. The molecule has 1 aliphatic rings. The molecule has 0 saturated carbocycles. The van der Waals surface area contributed by atoms with Crippen molar-refractivity contribution < 1.29 is 4.79 Å². The number of benzene rings is 2. The maximum Gasteiger partial charge on any atom is 0.259 e. The van der Waals surface area contributed by atoms with Crippen LogP contribution in [0.5, 0.6) is 0 Å². The normalized spacial score (nSPS) is 12.6. The zero-order valence-corrected chi connectivity index (χ0v) is 20.2. The van der Waals surface area contributed by atoms with Crippen LogP contribution in [0.2, 0.25) is 0 Å². The molecule has 4 aromatic rings. The van der Waals surface area contributed by atoms with Crippen LogP contribution in [-0.4, -0.2) is 21.6 Å². The number of thioether (sulfide) groups is 1. The van der Waals surface area contributed by atoms with Crippen LogP contribution in [0.25, 0.3) is 10.2 Å². The lowest BCUT2D eigenvalue weighted by molar-refractivity contribution is -0.113. The molecule has 170 valence electrons. The monoisotopic (exact) mass is 485 g/mol. The lowest BCUT2D eigenvalue weighted by atomic mass is 9.97. The Kier molecular flexibility index (Phi) is 6.79. The van der Waals surface area contributed by atoms with Crippen molar-refractivity contribution in [1.29, 1.82) is 0 Å². The van der Waals surface area contributed by atoms with E-state index in [1.807, 2.05) is 54.6 Å². The van der Waals surface area contributed by atoms with Crippen molar-refractivity contribution in [2.24, 2.45) is 0 Å². The number of nitrogens with one attached hydrogen (secondary N) is 2. The summed E-state index contributed by atoms with van der Waals surface area (Å²) in [7, 11) is 0. The highest BCUT2D eigenvalue weighted by Gasteiger charge is 2.19. The largest absolute Gasteiger partial charge is 0.325 e. The number of aryl methyl sites for hydroxylation is 2. The predicted octanol–water partition coefficient (Wildman–Crippen LogP) is 5.14. The van der Waals surface area contributed by atoms with Gasteiger partial charge in [0.25, 0.3) is 5.56 Å². The van der Waals surface area contributed by atoms with Crippen molar-refractivity contribution in [2.75, 3.05) is 11.1 Å². The number of rotatable bonds is 5. The molecule has 0 spiro atoms. The van der Waals surface area contributed by atoms with Crippen LogP contribution in [0.1, 0.15) is 40.2 Å². The summed E-state index contributed by atoms with van der Waals surface area (Å²) in [6.45, 7) is 0. The van der Waals surface area contributed by atoms with Gasteiger partial charge in [0.05, 0.1) is 16.9 Å². The summed E-state index contributed by atoms with van der Waals surface area (Å²) in [5.74, 6) is 7.51. The van der Waals surface area contributed by atoms with E-state index < -0.39 is 0 Å². The first-order chi connectivity index (χ1) is 16.7. The van der Waals surface area contributed by atoms with Crippen molar-refractivity contribution >= 4 is 44.9 Å². The Morgan fingerprint density at radius 3 is 2.74 bits per heavy atom. The van der Waals surface area contributed by atoms with Crippen LogP contribution < -0.4 is 10.9 Å². The quantitative estimate of drug-likeness (QED) is 0.384. The Balaban J connectivity index is 1.18. The zero-order valence-electron chi connectivity index (χ0n) is 18.5. The Morgan fingerprint density at radius 2 is 1.85 bits per heavy atom. The lowest BCUT2D eigenvalue weighted by Crippen LogP contribution is -2.15. The number of hydrogen-bond acceptors (Lipinski definition) is 5. The molecule has 1 aliphatic carbocycles. The minimum Gasteiger partial charge on any atom is -0.325 e. The van der Waals surface area contributed by atoms with E-state index in [0.29, 0.717) is 17.3 Å². The van der Waals surface area contributed by atoms with E-state index in [2.05, 4.69) is 27.1 Å². The number of anilines is 1. The Hall–Kier alpha value is -3.34. The topological polar surface area (TPSA) is 74.8 Å². The smallest absolute Gasteiger partial charge is 0.259 e. The number of carbonyl (C=O) groups is 1. The Labute approximate surface area is 206 Å². The number of hydrogen-bond donors (Lipinski definition) is 2. The molecule has 0 unspecified atom stereocenters. The van der Waals surface area contributed by atoms with Crippen molar-refractivity contribution in [3.8, 4) is 11.8 Å². The molecular weight excluding hydrogens is 462 g/mol. The molecule has 5 rings (SSSR count). The van der Waals surface area contributed by atoms with Gasteiger partial charge in [0.15, 0.2) is 0 Å². The number of nitrogens with zero attached hydrogens (tertiary/aromatic N) is 1. The fraction of sp³-hybridized carbons (Fsp3) is 0.222. The summed E-state index contributed by atoms with van der Waals surface area (Å²) in [5.41, 5.74) is 3.62. The third-order valence-electron chi connectivity index (χ3n) is 5.62. The number of aromatic nitrogens is 2. The van der Waals surface area contributed by atoms with Gasteiger partial charge in [-0.1, -0.05) is 36.1 Å². The molecule has 7 heteroatoms. The molecule has 0 aliphatic heterocycles. The fourth-order valence-corrected chi connectivity index (χ4v) is 6.03. The van der Waals surface area contributed by atoms with Gasteiger partial charge < -0.3 is 10.3 Å². The molecule has 2 heterocycles. The van der Waals surface area contributed by atoms with Gasteiger partial charge in [-0.2, -0.15) is 0 Å². The van der Waals surface area contributed by atoms with Crippen LogP contribution in [-0.2, 0) is 23.4 Å². The van der Waals surface area contributed by atoms with E-state index >= 15 is 0 Å². The van der Waals surface area contributed by atoms with Crippen LogP contribution in [0, 0.1) is 11.8 Å². The number of fused-ring (bicyclic) bond motifs is 3. The van der Waals surface area contributed by atoms with E-state index in [1.54, 1.807) is 11.3 Å². The van der Waals surface area contributed by atoms with E-state index in [-0.39, 0.29) is 17.2 Å². The highest BCUT2D eigenvalue weighted by Crippen LogP contribution is 2.33. The highest BCUT2D eigenvalue weighted by molar-refractivity contribution is 7.99. The number of thiophene rings is 1. The SMILES string of the molecule is O=C(CSCc1nc2sc3c(c2c(=O)[nH]1)CCCC3)Nc1cccc(C#Cc2ccccc2)c1. The lowest BCUT2D eigenvalue weighted by Gasteiger charge is -2.09. The first-order valence-corrected chi connectivity index (χ1v) is 13.2. The average Bonchev–Trinajstić information content (AvgIpc) is 3.22. The standard InChI is InChI=1S/C27H23N3O2S2/c31-24(28-20-10-6-9-19(15-20)14-13-18-7-2-1-3-8-18)17-33-16-23-29-26(32)25-21-11-4-5-12-22(21)34-27(25)30-23/h1-3,6-10,15H,4-5,11-12,16-17H2,(H,28,31)(H,29,30,32). The van der Waals surface area contributed by atoms with Gasteiger partial charge in [0.1, 0.15) is 10.7 Å². The molecule has 2 aromatic heterocycles. The second kappa shape index (κ2) is 10.3. The third kappa shape index (κ3) is 5.24. The summed E-state index contributed by atoms with van der Waals surface area (Å²) in [6.07, 6.45) is 4.32. The molecule has 0 bridgehead atoms. The maximum atomic E-state index is 12.7. The summed E-state index contributed by atoms with van der Waals surface area (Å²) in [5, 5.41) is 3.69. The maximum absolute atomic E-state index is 12.7. The summed E-state index contributed by atoms with van der Waals surface area (Å²) in [6, 6.07) is 17.3. The number of aromatic amines is 1. The second-order valence-corrected chi connectivity index (χ2v) is 10.2. The first kappa shape index (κ1) is 22.5. The Bertz CT molecular complexity index is 1460. The van der Waals surface area contributed by atoms with Gasteiger partial charge in [0.2, 0.25) is 5.91 Å². The van der Waals surface area contributed by atoms with Crippen molar-refractivity contribution in [3.63, 3.8) is 0 Å². The van der Waals surface area contributed by atoms with E-state index in [4.69, 9.17) is 0 Å². The predicted molar refractivity (Wildman–Crippen MR) is 141 cm³/mol. The summed E-state index contributed by atoms with van der Waals surface area (Å²) < 4.78 is 0. The molecule has 2 N–H and O–H groups in total. The number of carbonyl (C=O) groups excluding carboxylic acids is 1. The van der Waals surface area contributed by atoms with Gasteiger partial charge >= 0.3 is 0 Å². The number of H-pyrrole nitrogens is 1. The fourth-order valence-electron chi connectivity index (χ4n) is 4.05. The first-order valence-electron chi connectivity index (χ1n) is 11.2. The third-order valence-corrected chi connectivity index (χ3v) is 7.75. The molecule has 34 heavy (non-hydrogen) atoms. The van der Waals surface area contributed by atoms with Gasteiger partial charge in [-0.05, 0) is 61.6 Å². The van der Waals surface area contributed by atoms with Gasteiger partial charge in [-0.3, -0.25) is 9.59 Å². The highest BCUT2D eigenvalue weighted by atomic mass is 32.2. The molecule has 1 amide bonds. The molecule has 0 saturated heterocycles. The van der Waals surface area contributed by atoms with Gasteiger partial charge in [-0.15, -0.1) is 23.1 Å². The van der Waals surface area contributed by atoms with Gasteiger partial charge in [-0.25, -0.2) is 4.98 Å². The zero-order chi connectivity index (χ0) is 23.3. The minimum absolute atomic E-state index is 0.0575. The molecular formula is C27H23N3O2S2. The van der Waals surface area contributed by atoms with Crippen LogP contribution in [0.4, 0.5) is 5.69 Å². The summed E-state index contributed by atoms with van der Waals surface area (Å²) >= 11 is 3.07. The number of amides is 1. The summed E-state index contributed by atoms with van der Waals surface area (Å²) in [4.78, 5) is 34.8. The van der Waals surface area contributed by atoms with Crippen molar-refractivity contribution in [3.05, 3.63) is 92.3 Å². The van der Waals surface area contributed by atoms with E-state index in [0.717, 1.165) is 40.6 Å². The van der Waals surface area contributed by atoms with Crippen molar-refractivity contribution in [1.82, 2.24) is 9.97 Å². The van der Waals surface area contributed by atoms with E-state index in [9.17, 15) is 9.59 Å². The van der Waals surface area contributed by atoms with Gasteiger partial charge in [0, 0.05) is 21.7 Å². The van der Waals surface area contributed by atoms with Crippen LogP contribution in [0.15, 0.2) is 59.4 Å². The minimum atomic E-state index is -0.104.